The first kappa shape index (κ1) is 15.0. The predicted molar refractivity (Wildman–Crippen MR) is 76.7 cm³/mol. The number of aromatic nitrogens is 1. The zero-order chi connectivity index (χ0) is 16.6. The van der Waals surface area contributed by atoms with Gasteiger partial charge >= 0.3 is 12.6 Å². The van der Waals surface area contributed by atoms with Gasteiger partial charge in [0, 0.05) is 11.6 Å². The fourth-order valence-corrected chi connectivity index (χ4v) is 2.44. The molecule has 3 rings (SSSR count). The van der Waals surface area contributed by atoms with E-state index < -0.39 is 18.1 Å². The molecule has 0 saturated heterocycles. The van der Waals surface area contributed by atoms with Crippen molar-refractivity contribution in [1.82, 2.24) is 4.98 Å². The van der Waals surface area contributed by atoms with Gasteiger partial charge in [-0.3, -0.25) is 9.59 Å². The summed E-state index contributed by atoms with van der Waals surface area (Å²) in [5, 5.41) is 0.423. The van der Waals surface area contributed by atoms with E-state index in [9.17, 15) is 18.4 Å². The number of benzene rings is 1. The molecule has 0 spiro atoms. The topological polar surface area (TPSA) is 81.5 Å². The first-order valence-corrected chi connectivity index (χ1v) is 6.58. The molecule has 3 aromatic rings. The van der Waals surface area contributed by atoms with Crippen molar-refractivity contribution < 1.29 is 27.5 Å². The second-order valence-corrected chi connectivity index (χ2v) is 4.71. The van der Waals surface area contributed by atoms with E-state index in [0.29, 0.717) is 5.56 Å². The van der Waals surface area contributed by atoms with Gasteiger partial charge in [0.25, 0.3) is 5.56 Å². The van der Waals surface area contributed by atoms with Crippen LogP contribution in [0.5, 0.6) is 5.75 Å². The molecule has 0 radical (unpaired) electrons. The molecule has 0 aliphatic rings. The highest BCUT2D eigenvalue weighted by molar-refractivity contribution is 6.09. The van der Waals surface area contributed by atoms with Crippen LogP contribution in [0.15, 0.2) is 33.6 Å². The van der Waals surface area contributed by atoms with Crippen molar-refractivity contribution in [2.45, 2.75) is 13.0 Å². The maximum Gasteiger partial charge on any atom is 0.387 e. The lowest BCUT2D eigenvalue weighted by atomic mass is 10.0. The van der Waals surface area contributed by atoms with Crippen LogP contribution >= 0.6 is 0 Å². The number of rotatable bonds is 4. The highest BCUT2D eigenvalue weighted by Crippen LogP contribution is 2.36. The van der Waals surface area contributed by atoms with Gasteiger partial charge in [-0.05, 0) is 17.7 Å². The van der Waals surface area contributed by atoms with E-state index in [1.165, 1.54) is 31.5 Å². The largest absolute Gasteiger partial charge is 0.469 e. The zero-order valence-electron chi connectivity index (χ0n) is 11.9. The fourth-order valence-electron chi connectivity index (χ4n) is 2.44. The lowest BCUT2D eigenvalue weighted by Gasteiger charge is -2.07. The van der Waals surface area contributed by atoms with Crippen LogP contribution in [0.4, 0.5) is 8.78 Å². The molecule has 1 aromatic carbocycles. The summed E-state index contributed by atoms with van der Waals surface area (Å²) in [7, 11) is 1.23. The average molecular weight is 323 g/mol. The van der Waals surface area contributed by atoms with E-state index in [2.05, 4.69) is 14.5 Å². The number of pyridine rings is 1. The summed E-state index contributed by atoms with van der Waals surface area (Å²) >= 11 is 0. The van der Waals surface area contributed by atoms with Crippen LogP contribution in [0.1, 0.15) is 5.56 Å². The second-order valence-electron chi connectivity index (χ2n) is 4.71. The van der Waals surface area contributed by atoms with E-state index >= 15 is 0 Å². The lowest BCUT2D eigenvalue weighted by Crippen LogP contribution is -2.08. The standard InChI is InChI=1S/C15H11F2NO5/c1-21-10(19)6-7-2-3-9(23-15(16)17)13-11(7)12-8(22-13)4-5-18-14(12)20/h2-5,15H,6H2,1H3,(H,18,20). The van der Waals surface area contributed by atoms with Crippen LogP contribution in [0.25, 0.3) is 21.9 Å². The van der Waals surface area contributed by atoms with Crippen molar-refractivity contribution in [1.29, 1.82) is 0 Å². The molecule has 0 amide bonds. The Kier molecular flexibility index (Phi) is 3.73. The fraction of sp³-hybridized carbons (Fsp3) is 0.200. The minimum Gasteiger partial charge on any atom is -0.469 e. The molecule has 0 fully saturated rings. The van der Waals surface area contributed by atoms with Gasteiger partial charge in [0.15, 0.2) is 11.3 Å². The summed E-state index contributed by atoms with van der Waals surface area (Å²) in [5.74, 6) is -0.741. The Bertz CT molecular complexity index is 944. The number of H-pyrrole nitrogens is 1. The molecule has 2 heterocycles. The van der Waals surface area contributed by atoms with E-state index in [1.807, 2.05) is 0 Å². The number of aromatic amines is 1. The number of halogens is 2. The summed E-state index contributed by atoms with van der Waals surface area (Å²) < 4.78 is 39.6. The minimum absolute atomic E-state index is 0.0154. The van der Waals surface area contributed by atoms with Gasteiger partial charge in [-0.15, -0.1) is 0 Å². The molecule has 0 saturated carbocycles. The van der Waals surface area contributed by atoms with Crippen LogP contribution in [0.2, 0.25) is 0 Å². The molecule has 23 heavy (non-hydrogen) atoms. The van der Waals surface area contributed by atoms with Gasteiger partial charge in [0.1, 0.15) is 5.58 Å². The third-order valence-electron chi connectivity index (χ3n) is 3.37. The SMILES string of the molecule is COC(=O)Cc1ccc(OC(F)F)c2oc3cc[nH]c(=O)c3c12. The number of hydrogen-bond acceptors (Lipinski definition) is 5. The van der Waals surface area contributed by atoms with Gasteiger partial charge in [-0.1, -0.05) is 6.07 Å². The Morgan fingerprint density at radius 2 is 2.09 bits per heavy atom. The molecule has 8 heteroatoms. The third-order valence-corrected chi connectivity index (χ3v) is 3.37. The van der Waals surface area contributed by atoms with Gasteiger partial charge in [0.05, 0.1) is 18.9 Å². The van der Waals surface area contributed by atoms with Crippen molar-refractivity contribution in [3.63, 3.8) is 0 Å². The maximum absolute atomic E-state index is 12.5. The number of ether oxygens (including phenoxy) is 2. The van der Waals surface area contributed by atoms with Crippen LogP contribution < -0.4 is 10.3 Å². The highest BCUT2D eigenvalue weighted by Gasteiger charge is 2.21. The van der Waals surface area contributed by atoms with Gasteiger partial charge in [0.2, 0.25) is 0 Å². The maximum atomic E-state index is 12.5. The number of nitrogens with one attached hydrogen (secondary N) is 1. The van der Waals surface area contributed by atoms with Crippen molar-refractivity contribution in [3.05, 3.63) is 40.3 Å². The lowest BCUT2D eigenvalue weighted by molar-refractivity contribution is -0.139. The van der Waals surface area contributed by atoms with Gasteiger partial charge < -0.3 is 18.9 Å². The molecule has 0 unspecified atom stereocenters. The molecule has 0 atom stereocenters. The molecule has 0 bridgehead atoms. The number of esters is 1. The number of hydrogen-bond donors (Lipinski definition) is 1. The summed E-state index contributed by atoms with van der Waals surface area (Å²) in [6.45, 7) is -3.05. The number of fused-ring (bicyclic) bond motifs is 3. The van der Waals surface area contributed by atoms with E-state index in [-0.39, 0.29) is 34.1 Å². The van der Waals surface area contributed by atoms with Crippen molar-refractivity contribution >= 4 is 27.9 Å². The first-order chi connectivity index (χ1) is 11.0. The Morgan fingerprint density at radius 3 is 2.78 bits per heavy atom. The summed E-state index contributed by atoms with van der Waals surface area (Å²) in [5.41, 5.74) is 0.157. The molecule has 0 aliphatic carbocycles. The number of alkyl halides is 2. The van der Waals surface area contributed by atoms with E-state index in [4.69, 9.17) is 4.42 Å². The summed E-state index contributed by atoms with van der Waals surface area (Å²) in [6.07, 6.45) is 1.24. The average Bonchev–Trinajstić information content (AvgIpc) is 2.90. The predicted octanol–water partition coefficient (Wildman–Crippen LogP) is 2.59. The quantitative estimate of drug-likeness (QED) is 0.746. The van der Waals surface area contributed by atoms with Crippen LogP contribution in [-0.2, 0) is 16.0 Å². The number of furan rings is 1. The van der Waals surface area contributed by atoms with Crippen LogP contribution in [-0.4, -0.2) is 24.7 Å². The molecule has 0 aliphatic heterocycles. The van der Waals surface area contributed by atoms with Crippen LogP contribution in [0.3, 0.4) is 0 Å². The normalized spacial score (nSPS) is 11.3. The smallest absolute Gasteiger partial charge is 0.387 e. The third kappa shape index (κ3) is 2.63. The molecule has 6 nitrogen and oxygen atoms in total. The molecular weight excluding hydrogens is 312 g/mol. The second kappa shape index (κ2) is 5.71. The molecule has 2 aromatic heterocycles. The molecule has 1 N–H and O–H groups in total. The zero-order valence-corrected chi connectivity index (χ0v) is 11.9. The Hall–Kier alpha value is -2.90. The monoisotopic (exact) mass is 323 g/mol. The van der Waals surface area contributed by atoms with Crippen molar-refractivity contribution in [3.8, 4) is 5.75 Å². The Morgan fingerprint density at radius 1 is 1.30 bits per heavy atom. The van der Waals surface area contributed by atoms with Crippen molar-refractivity contribution in [2.24, 2.45) is 0 Å². The Balaban J connectivity index is 2.34. The Labute approximate surface area is 127 Å². The first-order valence-electron chi connectivity index (χ1n) is 6.58. The van der Waals surface area contributed by atoms with E-state index in [1.54, 1.807) is 0 Å². The number of methoxy groups -OCH3 is 1. The molecule has 120 valence electrons. The summed E-state index contributed by atoms with van der Waals surface area (Å²) in [4.78, 5) is 26.1. The highest BCUT2D eigenvalue weighted by atomic mass is 19.3. The van der Waals surface area contributed by atoms with Crippen molar-refractivity contribution in [2.75, 3.05) is 7.11 Å². The van der Waals surface area contributed by atoms with Gasteiger partial charge in [-0.25, -0.2) is 0 Å². The van der Waals surface area contributed by atoms with Crippen LogP contribution in [0, 0.1) is 0 Å². The van der Waals surface area contributed by atoms with Gasteiger partial charge in [-0.2, -0.15) is 8.78 Å². The number of carbonyl (C=O) groups excluding carboxylic acids is 1. The van der Waals surface area contributed by atoms with E-state index in [0.717, 1.165) is 0 Å². The summed E-state index contributed by atoms with van der Waals surface area (Å²) in [6, 6.07) is 4.19. The minimum atomic E-state index is -3.05. The number of carbonyl (C=O) groups is 1. The molecular formula is C15H11F2NO5.